The number of hydrogen-bond donors (Lipinski definition) is 1. The van der Waals surface area contributed by atoms with Crippen molar-refractivity contribution in [2.45, 2.75) is 18.1 Å². The molecule has 24 heavy (non-hydrogen) atoms. The summed E-state index contributed by atoms with van der Waals surface area (Å²) < 4.78 is 59.4. The lowest BCUT2D eigenvalue weighted by atomic mass is 10.2. The Hall–Kier alpha value is 0.320. The first-order valence-electron chi connectivity index (χ1n) is 6.17. The van der Waals surface area contributed by atoms with Crippen LogP contribution < -0.4 is 5.32 Å². The molecule has 0 atom stereocenters. The second kappa shape index (κ2) is 8.81. The largest absolute Gasteiger partial charge is 0.743 e. The van der Waals surface area contributed by atoms with Crippen LogP contribution in [0.4, 0.5) is 8.78 Å². The molecule has 1 rings (SSSR count). The third kappa shape index (κ3) is 5.66. The summed E-state index contributed by atoms with van der Waals surface area (Å²) in [6.45, 7) is -0.113. The first kappa shape index (κ1) is 22.4. The topological polar surface area (TPSA) is 103 Å². The molecule has 0 bridgehead atoms. The van der Waals surface area contributed by atoms with Gasteiger partial charge < -0.3 is 9.87 Å². The summed E-state index contributed by atoms with van der Waals surface area (Å²) in [4.78, 5) is 23.2. The standard InChI is InChI=1S/C12H10F2I3NO5S/c13-12(14,24(21,22)23)9(19)2-1-3-18-11(20)7-4-6(15)5-8(16)10(7)17/h4-5H,1-3H2,(H,18,20)(H,21,22,23)/p-1. The summed E-state index contributed by atoms with van der Waals surface area (Å²) in [6, 6.07) is 3.53. The molecule has 0 radical (unpaired) electrons. The van der Waals surface area contributed by atoms with E-state index >= 15 is 0 Å². The predicted octanol–water partition coefficient (Wildman–Crippen LogP) is 2.72. The Morgan fingerprint density at radius 2 is 1.79 bits per heavy atom. The van der Waals surface area contributed by atoms with Crippen LogP contribution in [0, 0.1) is 10.7 Å². The molecular formula is C12H9F2I3NO5S-. The average Bonchev–Trinajstić information content (AvgIpc) is 2.45. The molecular weight excluding hydrogens is 689 g/mol. The number of rotatable bonds is 7. The maximum absolute atomic E-state index is 13.0. The van der Waals surface area contributed by atoms with E-state index in [1.807, 2.05) is 51.2 Å². The number of Topliss-reactive ketones (excluding diaryl/α,β-unsaturated/α-hetero) is 1. The highest BCUT2D eigenvalue weighted by molar-refractivity contribution is 14.1. The Bertz CT molecular complexity index is 770. The summed E-state index contributed by atoms with van der Waals surface area (Å²) in [5.41, 5.74) is 0.408. The van der Waals surface area contributed by atoms with E-state index in [0.717, 1.165) is 10.7 Å². The lowest BCUT2D eigenvalue weighted by molar-refractivity contribution is -0.133. The SMILES string of the molecule is O=C(NCCCC(=O)C(F)(F)S(=O)(=O)[O-])c1cc(I)cc(I)c1I. The van der Waals surface area contributed by atoms with E-state index in [1.165, 1.54) is 0 Å². The Labute approximate surface area is 177 Å². The Balaban J connectivity index is 2.61. The molecule has 1 aromatic rings. The van der Waals surface area contributed by atoms with Gasteiger partial charge in [-0.3, -0.25) is 9.59 Å². The number of amides is 1. The van der Waals surface area contributed by atoms with E-state index in [0.29, 0.717) is 5.56 Å². The molecule has 0 aliphatic rings. The Morgan fingerprint density at radius 3 is 2.33 bits per heavy atom. The highest BCUT2D eigenvalue weighted by atomic mass is 127. The van der Waals surface area contributed by atoms with Crippen molar-refractivity contribution >= 4 is 89.6 Å². The van der Waals surface area contributed by atoms with Gasteiger partial charge in [-0.05, 0) is 86.3 Å². The van der Waals surface area contributed by atoms with E-state index in [2.05, 4.69) is 27.9 Å². The van der Waals surface area contributed by atoms with Crippen molar-refractivity contribution in [3.63, 3.8) is 0 Å². The number of alkyl halides is 2. The first-order valence-corrected chi connectivity index (χ1v) is 10.8. The van der Waals surface area contributed by atoms with Crippen LogP contribution in [0.5, 0.6) is 0 Å². The lowest BCUT2D eigenvalue weighted by Crippen LogP contribution is -2.38. The molecule has 1 N–H and O–H groups in total. The summed E-state index contributed by atoms with van der Waals surface area (Å²) in [5, 5.41) is -2.48. The number of hydrogen-bond acceptors (Lipinski definition) is 5. The van der Waals surface area contributed by atoms with Gasteiger partial charge in [0.1, 0.15) is 0 Å². The summed E-state index contributed by atoms with van der Waals surface area (Å²) >= 11 is 6.12. The van der Waals surface area contributed by atoms with E-state index < -0.39 is 33.5 Å². The van der Waals surface area contributed by atoms with Crippen molar-refractivity contribution in [1.82, 2.24) is 5.32 Å². The number of nitrogens with one attached hydrogen (secondary N) is 1. The van der Waals surface area contributed by atoms with Crippen LogP contribution in [-0.4, -0.2) is 36.5 Å². The van der Waals surface area contributed by atoms with Crippen LogP contribution in [0.2, 0.25) is 0 Å². The van der Waals surface area contributed by atoms with Crippen LogP contribution in [-0.2, 0) is 14.9 Å². The molecule has 0 saturated carbocycles. The van der Waals surface area contributed by atoms with Crippen LogP contribution in [0.1, 0.15) is 23.2 Å². The fraction of sp³-hybridized carbons (Fsp3) is 0.333. The number of carbonyl (C=O) groups is 2. The second-order valence-corrected chi connectivity index (χ2v) is 9.41. The molecule has 1 aromatic carbocycles. The van der Waals surface area contributed by atoms with Crippen LogP contribution in [0.25, 0.3) is 0 Å². The highest BCUT2D eigenvalue weighted by Gasteiger charge is 2.45. The van der Waals surface area contributed by atoms with Gasteiger partial charge in [0.15, 0.2) is 10.1 Å². The molecule has 0 fully saturated rings. The van der Waals surface area contributed by atoms with Gasteiger partial charge in [0, 0.05) is 23.7 Å². The summed E-state index contributed by atoms with van der Waals surface area (Å²) in [5.74, 6) is -2.42. The van der Waals surface area contributed by atoms with E-state index in [9.17, 15) is 31.3 Å². The van der Waals surface area contributed by atoms with Gasteiger partial charge in [-0.25, -0.2) is 8.42 Å². The summed E-state index contributed by atoms with van der Waals surface area (Å²) in [7, 11) is -6.04. The number of ketones is 1. The number of carbonyl (C=O) groups excluding carboxylic acids is 2. The van der Waals surface area contributed by atoms with Gasteiger partial charge in [0.25, 0.3) is 5.91 Å². The fourth-order valence-corrected chi connectivity index (χ4v) is 4.33. The van der Waals surface area contributed by atoms with Crippen LogP contribution in [0.15, 0.2) is 12.1 Å². The van der Waals surface area contributed by atoms with Crippen molar-refractivity contribution in [2.75, 3.05) is 6.54 Å². The van der Waals surface area contributed by atoms with Crippen LogP contribution >= 0.6 is 67.8 Å². The highest BCUT2D eigenvalue weighted by Crippen LogP contribution is 2.24. The zero-order valence-corrected chi connectivity index (χ0v) is 18.9. The Morgan fingerprint density at radius 1 is 1.21 bits per heavy atom. The van der Waals surface area contributed by atoms with Gasteiger partial charge in [-0.15, -0.1) is 0 Å². The van der Waals surface area contributed by atoms with Gasteiger partial charge in [-0.2, -0.15) is 8.78 Å². The Kier molecular flexibility index (Phi) is 8.21. The van der Waals surface area contributed by atoms with Crippen molar-refractivity contribution in [2.24, 2.45) is 0 Å². The molecule has 1 amide bonds. The summed E-state index contributed by atoms with van der Waals surface area (Å²) in [6.07, 6.45) is -1.05. The molecule has 0 aromatic heterocycles. The van der Waals surface area contributed by atoms with Gasteiger partial charge in [0.2, 0.25) is 5.78 Å². The van der Waals surface area contributed by atoms with E-state index in [1.54, 1.807) is 6.07 Å². The predicted molar refractivity (Wildman–Crippen MR) is 106 cm³/mol. The number of benzene rings is 1. The molecule has 0 saturated heterocycles. The van der Waals surface area contributed by atoms with E-state index in [-0.39, 0.29) is 13.0 Å². The first-order chi connectivity index (χ1) is 10.9. The lowest BCUT2D eigenvalue weighted by Gasteiger charge is -2.18. The smallest absolute Gasteiger partial charge is 0.391 e. The second-order valence-electron chi connectivity index (χ2n) is 4.50. The third-order valence-electron chi connectivity index (χ3n) is 2.74. The van der Waals surface area contributed by atoms with Crippen molar-refractivity contribution in [1.29, 1.82) is 0 Å². The van der Waals surface area contributed by atoms with Gasteiger partial charge in [0.05, 0.1) is 5.56 Å². The molecule has 0 unspecified atom stereocenters. The maximum atomic E-state index is 13.0. The molecule has 0 aliphatic carbocycles. The van der Waals surface area contributed by atoms with E-state index in [4.69, 9.17) is 0 Å². The molecule has 0 spiro atoms. The molecule has 12 heteroatoms. The zero-order chi connectivity index (χ0) is 18.7. The molecule has 0 heterocycles. The molecule has 0 aliphatic heterocycles. The fourth-order valence-electron chi connectivity index (χ4n) is 1.55. The van der Waals surface area contributed by atoms with Crippen molar-refractivity contribution in [3.8, 4) is 0 Å². The van der Waals surface area contributed by atoms with Crippen molar-refractivity contribution in [3.05, 3.63) is 28.4 Å². The minimum Gasteiger partial charge on any atom is -0.743 e. The monoisotopic (exact) mass is 698 g/mol. The van der Waals surface area contributed by atoms with Crippen LogP contribution in [0.3, 0.4) is 0 Å². The minimum atomic E-state index is -6.04. The molecule has 134 valence electrons. The molecule has 6 nitrogen and oxygen atoms in total. The minimum absolute atomic E-state index is 0.113. The number of halogens is 5. The zero-order valence-electron chi connectivity index (χ0n) is 11.6. The van der Waals surface area contributed by atoms with Crippen molar-refractivity contribution < 1.29 is 31.3 Å². The quantitative estimate of drug-likeness (QED) is 0.205. The van der Waals surface area contributed by atoms with Gasteiger partial charge in [-0.1, -0.05) is 0 Å². The normalized spacial score (nSPS) is 12.1. The third-order valence-corrected chi connectivity index (χ3v) is 7.27. The van der Waals surface area contributed by atoms with Gasteiger partial charge >= 0.3 is 5.25 Å². The average molecular weight is 698 g/mol. The maximum Gasteiger partial charge on any atom is 0.391 e.